The number of aromatic hydroxyl groups is 1. The molecule has 0 heterocycles. The minimum atomic E-state index is -0.687. The number of hydrogen-bond donors (Lipinski definition) is 3. The number of phenols is 1. The van der Waals surface area contributed by atoms with Crippen molar-refractivity contribution in [1.29, 1.82) is 0 Å². The molecule has 0 fully saturated rings. The third kappa shape index (κ3) is 5.04. The topological polar surface area (TPSA) is 98.7 Å². The second-order valence-electron chi connectivity index (χ2n) is 7.48. The molecule has 0 aliphatic heterocycles. The maximum atomic E-state index is 12.4. The summed E-state index contributed by atoms with van der Waals surface area (Å²) in [5, 5.41) is 16.5. The Morgan fingerprint density at radius 3 is 2.48 bits per heavy atom. The van der Waals surface area contributed by atoms with E-state index < -0.39 is 10.9 Å². The fraction of sp³-hybridized carbons (Fsp3) is 0.292. The van der Waals surface area contributed by atoms with Gasteiger partial charge in [0.05, 0.1) is 11.3 Å². The first-order valence-electron chi connectivity index (χ1n) is 9.83. The Morgan fingerprint density at radius 1 is 1.26 bits per heavy atom. The molecular weight excluding hydrogens is 394 g/mol. The average molecular weight is 421 g/mol. The summed E-state index contributed by atoms with van der Waals surface area (Å²) in [5.41, 5.74) is 0.807. The van der Waals surface area contributed by atoms with Crippen LogP contribution < -0.4 is 21.5 Å². The summed E-state index contributed by atoms with van der Waals surface area (Å²) in [7, 11) is 3.16. The number of allylic oxidation sites excluding steroid dienone is 3. The van der Waals surface area contributed by atoms with Gasteiger partial charge in [-0.2, -0.15) is 0 Å². The van der Waals surface area contributed by atoms with Gasteiger partial charge in [-0.3, -0.25) is 14.4 Å². The van der Waals surface area contributed by atoms with E-state index in [4.69, 9.17) is 6.42 Å². The van der Waals surface area contributed by atoms with Crippen molar-refractivity contribution in [3.05, 3.63) is 67.5 Å². The quantitative estimate of drug-likeness (QED) is 0.262. The molecule has 0 aliphatic carbocycles. The zero-order valence-electron chi connectivity index (χ0n) is 18.4. The normalized spacial score (nSPS) is 12.6. The molecule has 2 aromatic carbocycles. The molecule has 7 heteroatoms. The van der Waals surface area contributed by atoms with Gasteiger partial charge in [0.1, 0.15) is 11.4 Å². The van der Waals surface area contributed by atoms with Gasteiger partial charge < -0.3 is 20.6 Å². The van der Waals surface area contributed by atoms with Crippen LogP contribution in [0.5, 0.6) is 5.75 Å². The van der Waals surface area contributed by atoms with Crippen LogP contribution in [0.15, 0.2) is 45.5 Å². The van der Waals surface area contributed by atoms with Crippen LogP contribution >= 0.6 is 0 Å². The molecule has 162 valence electrons. The number of amides is 1. The van der Waals surface area contributed by atoms with Gasteiger partial charge in [-0.15, -0.1) is 6.42 Å². The fourth-order valence-electron chi connectivity index (χ4n) is 3.15. The Hall–Kier alpha value is -3.79. The average Bonchev–Trinajstić information content (AvgIpc) is 2.74. The zero-order chi connectivity index (χ0) is 23.3. The van der Waals surface area contributed by atoms with Gasteiger partial charge in [0.2, 0.25) is 0 Å². The smallest absolute Gasteiger partial charge is 0.257 e. The van der Waals surface area contributed by atoms with Crippen LogP contribution in [0.4, 0.5) is 17.1 Å². The molecule has 0 aromatic heterocycles. The molecule has 0 unspecified atom stereocenters. The summed E-state index contributed by atoms with van der Waals surface area (Å²) in [6, 6.07) is 2.98. The molecule has 31 heavy (non-hydrogen) atoms. The molecular formula is C24H27N3O4. The summed E-state index contributed by atoms with van der Waals surface area (Å²) in [6.45, 7) is 5.61. The highest BCUT2D eigenvalue weighted by atomic mass is 16.3. The molecule has 0 bridgehead atoms. The van der Waals surface area contributed by atoms with Gasteiger partial charge >= 0.3 is 0 Å². The predicted octanol–water partition coefficient (Wildman–Crippen LogP) is 3.07. The summed E-state index contributed by atoms with van der Waals surface area (Å²) in [4.78, 5) is 38.2. The summed E-state index contributed by atoms with van der Waals surface area (Å²) in [6.07, 6.45) is 11.0. The summed E-state index contributed by atoms with van der Waals surface area (Å²) < 4.78 is 0. The lowest BCUT2D eigenvalue weighted by Crippen LogP contribution is -2.39. The number of anilines is 3. The van der Waals surface area contributed by atoms with Crippen molar-refractivity contribution in [2.75, 3.05) is 24.7 Å². The highest BCUT2D eigenvalue weighted by Gasteiger charge is 2.25. The minimum absolute atomic E-state index is 0.0552. The van der Waals surface area contributed by atoms with Crippen molar-refractivity contribution in [3.63, 3.8) is 0 Å². The van der Waals surface area contributed by atoms with Gasteiger partial charge in [-0.1, -0.05) is 30.6 Å². The van der Waals surface area contributed by atoms with Gasteiger partial charge in [0.15, 0.2) is 5.75 Å². The van der Waals surface area contributed by atoms with E-state index in [0.717, 1.165) is 5.57 Å². The van der Waals surface area contributed by atoms with E-state index in [1.54, 1.807) is 45.3 Å². The van der Waals surface area contributed by atoms with E-state index in [-0.39, 0.29) is 40.3 Å². The number of nitrogens with one attached hydrogen (secondary N) is 2. The lowest BCUT2D eigenvalue weighted by atomic mass is 10.0. The van der Waals surface area contributed by atoms with Crippen molar-refractivity contribution in [1.82, 2.24) is 4.90 Å². The Labute approximate surface area is 181 Å². The number of carbonyl (C=O) groups excluding carboxylic acids is 1. The number of phenolic OH excluding ortho intramolecular Hbond substituents is 1. The zero-order valence-corrected chi connectivity index (χ0v) is 18.4. The maximum Gasteiger partial charge on any atom is 0.257 e. The number of rotatable bonds is 8. The first kappa shape index (κ1) is 23.5. The third-order valence-electron chi connectivity index (χ3n) is 4.89. The largest absolute Gasteiger partial charge is 0.505 e. The van der Waals surface area contributed by atoms with Gasteiger partial charge in [-0.05, 0) is 44.0 Å². The van der Waals surface area contributed by atoms with E-state index >= 15 is 0 Å². The molecule has 0 aliphatic rings. The lowest BCUT2D eigenvalue weighted by Gasteiger charge is -2.23. The molecule has 0 spiro atoms. The van der Waals surface area contributed by atoms with Crippen LogP contribution in [0.2, 0.25) is 0 Å². The number of aryl methyl sites for hydroxylation is 1. The van der Waals surface area contributed by atoms with Crippen LogP contribution in [0.25, 0.3) is 0 Å². The Balaban J connectivity index is 2.39. The summed E-state index contributed by atoms with van der Waals surface area (Å²) in [5.74, 6) is 1.74. The van der Waals surface area contributed by atoms with E-state index in [1.807, 2.05) is 19.9 Å². The van der Waals surface area contributed by atoms with Gasteiger partial charge in [-0.25, -0.2) is 0 Å². The molecule has 0 saturated carbocycles. The standard InChI is InChI=1S/C24H27N3O4/c1-7-9-10-11-15(4)17(8-2)25-19-20(23(30)22(19)29)26-18-13-14(3)12-16(21(18)28)24(31)27(5)6/h1,9-13,17,25-26,28H,8H2,2-6H3/b10-9-,15-11+/t17-/m1/s1. The molecule has 2 aromatic rings. The Bertz CT molecular complexity index is 1160. The van der Waals surface area contributed by atoms with E-state index in [9.17, 15) is 19.5 Å². The first-order chi connectivity index (χ1) is 14.6. The van der Waals surface area contributed by atoms with Crippen LogP contribution in [0.3, 0.4) is 0 Å². The van der Waals surface area contributed by atoms with Crippen molar-refractivity contribution >= 4 is 23.0 Å². The lowest BCUT2D eigenvalue weighted by molar-refractivity contribution is 0.0824. The molecule has 1 amide bonds. The van der Waals surface area contributed by atoms with Crippen LogP contribution in [-0.4, -0.2) is 36.1 Å². The van der Waals surface area contributed by atoms with Crippen LogP contribution in [0.1, 0.15) is 36.2 Å². The second-order valence-corrected chi connectivity index (χ2v) is 7.48. The molecule has 7 nitrogen and oxygen atoms in total. The van der Waals surface area contributed by atoms with E-state index in [2.05, 4.69) is 16.6 Å². The molecule has 1 atom stereocenters. The molecule has 3 N–H and O–H groups in total. The predicted molar refractivity (Wildman–Crippen MR) is 125 cm³/mol. The highest BCUT2D eigenvalue weighted by Crippen LogP contribution is 2.33. The molecule has 0 radical (unpaired) electrons. The van der Waals surface area contributed by atoms with Crippen LogP contribution in [0, 0.1) is 19.3 Å². The Kier molecular flexibility index (Phi) is 7.43. The Morgan fingerprint density at radius 2 is 1.90 bits per heavy atom. The molecule has 2 rings (SSSR count). The number of nitrogens with zero attached hydrogens (tertiary/aromatic N) is 1. The number of carbonyl (C=O) groups is 1. The monoisotopic (exact) mass is 421 g/mol. The van der Waals surface area contributed by atoms with Gasteiger partial charge in [0.25, 0.3) is 16.8 Å². The first-order valence-corrected chi connectivity index (χ1v) is 9.83. The maximum absolute atomic E-state index is 12.4. The number of terminal acetylenes is 1. The van der Waals surface area contributed by atoms with Crippen molar-refractivity contribution in [2.24, 2.45) is 0 Å². The van der Waals surface area contributed by atoms with Crippen molar-refractivity contribution in [3.8, 4) is 18.1 Å². The SMILES string of the molecule is C#C/C=C\C=C(/C)[C@@H](CC)Nc1c(Nc2cc(C)cc(C(=O)N(C)C)c2O)c(=O)c1=O. The van der Waals surface area contributed by atoms with Gasteiger partial charge in [0, 0.05) is 20.1 Å². The van der Waals surface area contributed by atoms with E-state index in [1.165, 1.54) is 4.90 Å². The van der Waals surface area contributed by atoms with E-state index in [0.29, 0.717) is 12.0 Å². The summed E-state index contributed by atoms with van der Waals surface area (Å²) >= 11 is 0. The highest BCUT2D eigenvalue weighted by molar-refractivity contribution is 5.99. The second kappa shape index (κ2) is 9.81. The number of benzene rings is 1. The minimum Gasteiger partial charge on any atom is -0.505 e. The van der Waals surface area contributed by atoms with Crippen molar-refractivity contribution in [2.45, 2.75) is 33.2 Å². The van der Waals surface area contributed by atoms with Crippen LogP contribution in [-0.2, 0) is 0 Å². The number of hydrogen-bond acceptors (Lipinski definition) is 6. The molecule has 0 saturated heterocycles. The van der Waals surface area contributed by atoms with Crippen molar-refractivity contribution < 1.29 is 9.90 Å². The third-order valence-corrected chi connectivity index (χ3v) is 4.89. The fourth-order valence-corrected chi connectivity index (χ4v) is 3.15.